The first-order valence-corrected chi connectivity index (χ1v) is 10.2. The highest BCUT2D eigenvalue weighted by Gasteiger charge is 2.47. The van der Waals surface area contributed by atoms with E-state index in [0.717, 1.165) is 5.56 Å². The van der Waals surface area contributed by atoms with Crippen LogP contribution in [0.25, 0.3) is 5.57 Å². The number of aliphatic hydroxyl groups is 1. The van der Waals surface area contributed by atoms with Crippen molar-refractivity contribution in [3.8, 4) is 11.5 Å². The summed E-state index contributed by atoms with van der Waals surface area (Å²) < 4.78 is 11.7. The maximum absolute atomic E-state index is 13.2. The highest BCUT2D eigenvalue weighted by molar-refractivity contribution is 6.32. The maximum atomic E-state index is 13.2. The lowest BCUT2D eigenvalue weighted by atomic mass is 9.81. The molecule has 0 saturated heterocycles. The van der Waals surface area contributed by atoms with E-state index < -0.39 is 16.1 Å². The molecule has 0 unspecified atom stereocenters. The minimum absolute atomic E-state index is 0.0850. The molecule has 0 spiro atoms. The Morgan fingerprint density at radius 2 is 1.81 bits per heavy atom. The van der Waals surface area contributed by atoms with E-state index >= 15 is 0 Å². The summed E-state index contributed by atoms with van der Waals surface area (Å²) in [6.45, 7) is 8.71. The molecule has 1 aliphatic rings. The molecular weight excluding hydrogens is 422 g/mol. The van der Waals surface area contributed by atoms with Crippen LogP contribution in [0.5, 0.6) is 11.5 Å². The molecule has 0 fully saturated rings. The third-order valence-electron chi connectivity index (χ3n) is 5.18. The van der Waals surface area contributed by atoms with Crippen LogP contribution in [0.15, 0.2) is 42.2 Å². The first kappa shape index (κ1) is 22.8. The second-order valence-electron chi connectivity index (χ2n) is 8.32. The lowest BCUT2D eigenvalue weighted by Crippen LogP contribution is -2.49. The van der Waals surface area contributed by atoms with Crippen molar-refractivity contribution in [2.75, 3.05) is 0 Å². The molecule has 2 aromatic rings. The standard InChI is InChI=1S/C23H24ClNO6/c1-6-13-7-9-15(30-18-10-8-14(25(28)29)11-17(18)24)12-16(13)19-20(26)22(2,3)31-23(4,5)21(19)27/h7-12,26H,6H2,1-5H3. The van der Waals surface area contributed by atoms with E-state index in [1.165, 1.54) is 18.2 Å². The fourth-order valence-corrected chi connectivity index (χ4v) is 3.88. The third-order valence-corrected chi connectivity index (χ3v) is 5.47. The van der Waals surface area contributed by atoms with Crippen molar-refractivity contribution in [2.24, 2.45) is 0 Å². The number of rotatable bonds is 5. The van der Waals surface area contributed by atoms with Crippen molar-refractivity contribution in [3.05, 3.63) is 68.4 Å². The van der Waals surface area contributed by atoms with Gasteiger partial charge in [0.2, 0.25) is 0 Å². The molecule has 0 bridgehead atoms. The van der Waals surface area contributed by atoms with Crippen molar-refractivity contribution < 1.29 is 24.3 Å². The molecule has 0 radical (unpaired) electrons. The van der Waals surface area contributed by atoms with Gasteiger partial charge in [-0.1, -0.05) is 24.6 Å². The summed E-state index contributed by atoms with van der Waals surface area (Å²) in [5.74, 6) is 0.138. The van der Waals surface area contributed by atoms with Crippen molar-refractivity contribution in [2.45, 2.75) is 52.2 Å². The van der Waals surface area contributed by atoms with Gasteiger partial charge >= 0.3 is 0 Å². The monoisotopic (exact) mass is 445 g/mol. The predicted molar refractivity (Wildman–Crippen MR) is 118 cm³/mol. The number of carbonyl (C=O) groups is 1. The van der Waals surface area contributed by atoms with Crippen LogP contribution < -0.4 is 4.74 Å². The van der Waals surface area contributed by atoms with Crippen molar-refractivity contribution in [3.63, 3.8) is 0 Å². The third kappa shape index (κ3) is 4.29. The zero-order valence-electron chi connectivity index (χ0n) is 18.0. The lowest BCUT2D eigenvalue weighted by Gasteiger charge is -2.40. The highest BCUT2D eigenvalue weighted by Crippen LogP contribution is 2.42. The van der Waals surface area contributed by atoms with Crippen LogP contribution in [0.2, 0.25) is 5.02 Å². The van der Waals surface area contributed by atoms with Gasteiger partial charge in [0, 0.05) is 12.1 Å². The van der Waals surface area contributed by atoms with Crippen LogP contribution in [0.3, 0.4) is 0 Å². The van der Waals surface area contributed by atoms with Crippen LogP contribution in [0.1, 0.15) is 45.7 Å². The van der Waals surface area contributed by atoms with Gasteiger partial charge in [0.15, 0.2) is 5.78 Å². The highest BCUT2D eigenvalue weighted by atomic mass is 35.5. The summed E-state index contributed by atoms with van der Waals surface area (Å²) in [6.07, 6.45) is 0.625. The number of ether oxygens (including phenoxy) is 2. The number of non-ortho nitro benzene ring substituents is 1. The topological polar surface area (TPSA) is 98.9 Å². The van der Waals surface area contributed by atoms with Gasteiger partial charge in [-0.25, -0.2) is 0 Å². The second-order valence-corrected chi connectivity index (χ2v) is 8.73. The van der Waals surface area contributed by atoms with Gasteiger partial charge in [-0.05, 0) is 63.4 Å². The zero-order chi connectivity index (χ0) is 23.1. The molecule has 0 atom stereocenters. The number of aryl methyl sites for hydroxylation is 1. The number of benzene rings is 2. The summed E-state index contributed by atoms with van der Waals surface area (Å²) in [7, 11) is 0. The minimum atomic E-state index is -1.12. The Morgan fingerprint density at radius 3 is 2.39 bits per heavy atom. The molecular formula is C23H24ClNO6. The molecule has 164 valence electrons. The summed E-state index contributed by atoms with van der Waals surface area (Å²) in [4.78, 5) is 23.5. The van der Waals surface area contributed by atoms with Crippen LogP contribution in [0, 0.1) is 10.1 Å². The number of nitrogens with zero attached hydrogens (tertiary/aromatic N) is 1. The molecule has 1 aliphatic heterocycles. The minimum Gasteiger partial charge on any atom is -0.508 e. The number of carbonyl (C=O) groups excluding carboxylic acids is 1. The molecule has 0 amide bonds. The van der Waals surface area contributed by atoms with Crippen LogP contribution in [-0.4, -0.2) is 27.0 Å². The Bertz CT molecular complexity index is 1100. The number of Topliss-reactive ketones (excluding diaryl/α,β-unsaturated/α-hetero) is 1. The largest absolute Gasteiger partial charge is 0.508 e. The van der Waals surface area contributed by atoms with E-state index in [2.05, 4.69) is 0 Å². The average Bonchev–Trinajstić information content (AvgIpc) is 2.68. The zero-order valence-corrected chi connectivity index (χ0v) is 18.7. The first-order chi connectivity index (χ1) is 14.4. The van der Waals surface area contributed by atoms with E-state index in [4.69, 9.17) is 21.1 Å². The van der Waals surface area contributed by atoms with Gasteiger partial charge in [0.1, 0.15) is 28.5 Å². The molecule has 8 heteroatoms. The van der Waals surface area contributed by atoms with Crippen molar-refractivity contribution >= 4 is 28.6 Å². The molecule has 0 saturated carbocycles. The smallest absolute Gasteiger partial charge is 0.271 e. The maximum Gasteiger partial charge on any atom is 0.271 e. The molecule has 2 aromatic carbocycles. The Kier molecular flexibility index (Phi) is 5.86. The van der Waals surface area contributed by atoms with Crippen molar-refractivity contribution in [1.29, 1.82) is 0 Å². The number of hydrogen-bond donors (Lipinski definition) is 1. The SMILES string of the molecule is CCc1ccc(Oc2ccc([N+](=O)[O-])cc2Cl)cc1C1=C(O)C(C)(C)OC(C)(C)C1=O. The van der Waals surface area contributed by atoms with Crippen molar-refractivity contribution in [1.82, 2.24) is 0 Å². The van der Waals surface area contributed by atoms with E-state index in [0.29, 0.717) is 17.7 Å². The fourth-order valence-electron chi connectivity index (χ4n) is 3.67. The normalized spacial score (nSPS) is 17.5. The molecule has 7 nitrogen and oxygen atoms in total. The van der Waals surface area contributed by atoms with Crippen LogP contribution in [-0.2, 0) is 16.0 Å². The van der Waals surface area contributed by atoms with Gasteiger partial charge in [-0.15, -0.1) is 0 Å². The number of nitro benzene ring substituents is 1. The number of ketones is 1. The second kappa shape index (κ2) is 7.98. The molecule has 0 aliphatic carbocycles. The first-order valence-electron chi connectivity index (χ1n) is 9.81. The lowest BCUT2D eigenvalue weighted by molar-refractivity contribution is -0.384. The van der Waals surface area contributed by atoms with E-state index in [1.807, 2.05) is 13.0 Å². The fraction of sp³-hybridized carbons (Fsp3) is 0.348. The number of halogens is 1. The van der Waals surface area contributed by atoms with Gasteiger partial charge in [0.05, 0.1) is 15.5 Å². The molecule has 1 N–H and O–H groups in total. The summed E-state index contributed by atoms with van der Waals surface area (Å²) in [5.41, 5.74) is -0.717. The van der Waals surface area contributed by atoms with E-state index in [1.54, 1.807) is 39.8 Å². The Labute approximate surface area is 185 Å². The molecule has 3 rings (SSSR count). The van der Waals surface area contributed by atoms with E-state index in [-0.39, 0.29) is 33.6 Å². The van der Waals surface area contributed by atoms with Crippen LogP contribution >= 0.6 is 11.6 Å². The van der Waals surface area contributed by atoms with Gasteiger partial charge in [0.25, 0.3) is 5.69 Å². The Morgan fingerprint density at radius 1 is 1.13 bits per heavy atom. The summed E-state index contributed by atoms with van der Waals surface area (Å²) in [6, 6.07) is 9.11. The Balaban J connectivity index is 2.10. The quantitative estimate of drug-likeness (QED) is 0.445. The summed E-state index contributed by atoms with van der Waals surface area (Å²) >= 11 is 6.14. The van der Waals surface area contributed by atoms with Gasteiger partial charge in [-0.3, -0.25) is 14.9 Å². The predicted octanol–water partition coefficient (Wildman–Crippen LogP) is 6.03. The molecule has 31 heavy (non-hydrogen) atoms. The average molecular weight is 446 g/mol. The Hall–Kier alpha value is -2.90. The van der Waals surface area contributed by atoms with Crippen LogP contribution in [0.4, 0.5) is 5.69 Å². The van der Waals surface area contributed by atoms with Gasteiger partial charge < -0.3 is 14.6 Å². The number of aliphatic hydroxyl groups excluding tert-OH is 1. The summed E-state index contributed by atoms with van der Waals surface area (Å²) in [5, 5.41) is 21.9. The molecule has 0 aromatic heterocycles. The molecule has 1 heterocycles. The van der Waals surface area contributed by atoms with E-state index in [9.17, 15) is 20.0 Å². The number of nitro groups is 1. The van der Waals surface area contributed by atoms with Gasteiger partial charge in [-0.2, -0.15) is 0 Å². The number of hydrogen-bond acceptors (Lipinski definition) is 6.